The van der Waals surface area contributed by atoms with Crippen LogP contribution >= 0.6 is 0 Å². The zero-order valence-electron chi connectivity index (χ0n) is 15.8. The SMILES string of the molecule is O=CN1CCN(C(=O)COc2cccc(F)c2)CC1.c1ccc(C2CC2)cc1. The van der Waals surface area contributed by atoms with Crippen molar-refractivity contribution in [2.24, 2.45) is 0 Å². The second-order valence-electron chi connectivity index (χ2n) is 6.95. The number of ether oxygens (including phenoxy) is 1. The van der Waals surface area contributed by atoms with Crippen LogP contribution < -0.4 is 4.74 Å². The molecule has 0 bridgehead atoms. The summed E-state index contributed by atoms with van der Waals surface area (Å²) >= 11 is 0. The molecule has 2 amide bonds. The third kappa shape index (κ3) is 6.08. The number of piperazine rings is 1. The lowest BCUT2D eigenvalue weighted by Crippen LogP contribution is -2.49. The first-order valence-electron chi connectivity index (χ1n) is 9.56. The van der Waals surface area contributed by atoms with Gasteiger partial charge in [0, 0.05) is 32.2 Å². The van der Waals surface area contributed by atoms with E-state index in [-0.39, 0.29) is 12.5 Å². The van der Waals surface area contributed by atoms with Crippen LogP contribution in [0.1, 0.15) is 24.3 Å². The normalized spacial score (nSPS) is 16.0. The minimum absolute atomic E-state index is 0.120. The van der Waals surface area contributed by atoms with Crippen molar-refractivity contribution in [3.05, 3.63) is 66.0 Å². The van der Waals surface area contributed by atoms with E-state index in [1.807, 2.05) is 0 Å². The summed E-state index contributed by atoms with van der Waals surface area (Å²) in [5.74, 6) is 0.686. The third-order valence-electron chi connectivity index (χ3n) is 4.82. The summed E-state index contributed by atoms with van der Waals surface area (Å²) in [4.78, 5) is 25.7. The van der Waals surface area contributed by atoms with Crippen molar-refractivity contribution in [2.75, 3.05) is 32.8 Å². The molecule has 0 N–H and O–H groups in total. The van der Waals surface area contributed by atoms with E-state index in [2.05, 4.69) is 30.3 Å². The molecule has 2 aromatic rings. The Bertz CT molecular complexity index is 772. The summed E-state index contributed by atoms with van der Waals surface area (Å²) < 4.78 is 18.2. The van der Waals surface area contributed by atoms with Crippen LogP contribution in [0.5, 0.6) is 5.75 Å². The second-order valence-corrected chi connectivity index (χ2v) is 6.95. The van der Waals surface area contributed by atoms with E-state index in [4.69, 9.17) is 4.74 Å². The minimum Gasteiger partial charge on any atom is -0.484 e. The van der Waals surface area contributed by atoms with Crippen molar-refractivity contribution in [1.29, 1.82) is 0 Å². The van der Waals surface area contributed by atoms with Crippen molar-refractivity contribution in [2.45, 2.75) is 18.8 Å². The highest BCUT2D eigenvalue weighted by Gasteiger charge is 2.22. The molecule has 5 nitrogen and oxygen atoms in total. The molecule has 0 radical (unpaired) electrons. The van der Waals surface area contributed by atoms with E-state index in [1.54, 1.807) is 15.9 Å². The molecule has 2 fully saturated rings. The fourth-order valence-electron chi connectivity index (χ4n) is 3.01. The van der Waals surface area contributed by atoms with Crippen LogP contribution in [0, 0.1) is 5.82 Å². The van der Waals surface area contributed by atoms with Gasteiger partial charge in [0.25, 0.3) is 5.91 Å². The number of nitrogens with zero attached hydrogens (tertiary/aromatic N) is 2. The molecule has 2 aromatic carbocycles. The van der Waals surface area contributed by atoms with Crippen molar-refractivity contribution in [1.82, 2.24) is 9.80 Å². The molecular weight excluding hydrogens is 359 g/mol. The minimum atomic E-state index is -0.399. The predicted octanol–water partition coefficient (Wildman–Crippen LogP) is 3.07. The number of carbonyl (C=O) groups is 2. The predicted molar refractivity (Wildman–Crippen MR) is 105 cm³/mol. The molecule has 1 heterocycles. The standard InChI is InChI=1S/C13H15FN2O3.C9H10/c14-11-2-1-3-12(8-11)19-9-13(18)16-6-4-15(10-17)5-7-16;1-2-4-8(5-3-1)9-6-7-9/h1-3,8,10H,4-7,9H2;1-5,9H,6-7H2. The molecule has 1 aliphatic heterocycles. The molecule has 1 saturated carbocycles. The topological polar surface area (TPSA) is 49.9 Å². The van der Waals surface area contributed by atoms with E-state index < -0.39 is 5.82 Å². The van der Waals surface area contributed by atoms with Crippen LogP contribution in [-0.2, 0) is 9.59 Å². The highest BCUT2D eigenvalue weighted by atomic mass is 19.1. The van der Waals surface area contributed by atoms with Gasteiger partial charge in [-0.25, -0.2) is 4.39 Å². The Morgan fingerprint density at radius 2 is 1.75 bits per heavy atom. The van der Waals surface area contributed by atoms with Crippen LogP contribution in [0.3, 0.4) is 0 Å². The highest BCUT2D eigenvalue weighted by Crippen LogP contribution is 2.39. The summed E-state index contributed by atoms with van der Waals surface area (Å²) in [5.41, 5.74) is 1.53. The average molecular weight is 384 g/mol. The molecule has 148 valence electrons. The molecule has 6 heteroatoms. The second kappa shape index (κ2) is 9.88. The lowest BCUT2D eigenvalue weighted by Gasteiger charge is -2.32. The molecule has 0 atom stereocenters. The van der Waals surface area contributed by atoms with Gasteiger partial charge in [0.15, 0.2) is 6.61 Å². The van der Waals surface area contributed by atoms with E-state index in [0.29, 0.717) is 31.9 Å². The highest BCUT2D eigenvalue weighted by molar-refractivity contribution is 5.78. The molecule has 28 heavy (non-hydrogen) atoms. The van der Waals surface area contributed by atoms with Crippen LogP contribution in [0.25, 0.3) is 0 Å². The van der Waals surface area contributed by atoms with Gasteiger partial charge in [0.2, 0.25) is 6.41 Å². The summed E-state index contributed by atoms with van der Waals surface area (Å²) in [6, 6.07) is 16.4. The van der Waals surface area contributed by atoms with Crippen molar-refractivity contribution < 1.29 is 18.7 Å². The molecule has 0 unspecified atom stereocenters. The van der Waals surface area contributed by atoms with Gasteiger partial charge in [-0.1, -0.05) is 36.4 Å². The lowest BCUT2D eigenvalue weighted by atomic mass is 10.1. The van der Waals surface area contributed by atoms with E-state index >= 15 is 0 Å². The smallest absolute Gasteiger partial charge is 0.260 e. The largest absolute Gasteiger partial charge is 0.484 e. The van der Waals surface area contributed by atoms with Crippen LogP contribution in [0.15, 0.2) is 54.6 Å². The first-order valence-corrected chi connectivity index (χ1v) is 9.56. The Morgan fingerprint density at radius 3 is 2.36 bits per heavy atom. The number of rotatable bonds is 5. The van der Waals surface area contributed by atoms with Gasteiger partial charge in [-0.15, -0.1) is 0 Å². The van der Waals surface area contributed by atoms with Crippen molar-refractivity contribution >= 4 is 12.3 Å². The van der Waals surface area contributed by atoms with Crippen molar-refractivity contribution in [3.63, 3.8) is 0 Å². The van der Waals surface area contributed by atoms with Gasteiger partial charge in [0.1, 0.15) is 11.6 Å². The Hall–Kier alpha value is -2.89. The van der Waals surface area contributed by atoms with E-state index in [1.165, 1.54) is 36.6 Å². The van der Waals surface area contributed by atoms with Crippen LogP contribution in [0.2, 0.25) is 0 Å². The van der Waals surface area contributed by atoms with Gasteiger partial charge in [-0.2, -0.15) is 0 Å². The lowest BCUT2D eigenvalue weighted by molar-refractivity contribution is -0.137. The quantitative estimate of drug-likeness (QED) is 0.745. The molecule has 2 aliphatic rings. The first kappa shape index (κ1) is 19.9. The van der Waals surface area contributed by atoms with Gasteiger partial charge < -0.3 is 14.5 Å². The zero-order valence-corrected chi connectivity index (χ0v) is 15.8. The summed E-state index contributed by atoms with van der Waals surface area (Å²) in [7, 11) is 0. The number of benzene rings is 2. The van der Waals surface area contributed by atoms with E-state index in [0.717, 1.165) is 12.3 Å². The Labute approximate surface area is 164 Å². The third-order valence-corrected chi connectivity index (χ3v) is 4.82. The average Bonchev–Trinajstić information content (AvgIpc) is 3.59. The van der Waals surface area contributed by atoms with E-state index in [9.17, 15) is 14.0 Å². The zero-order chi connectivity index (χ0) is 19.8. The Kier molecular flexibility index (Phi) is 7.00. The maximum Gasteiger partial charge on any atom is 0.260 e. The summed E-state index contributed by atoms with van der Waals surface area (Å²) in [6.07, 6.45) is 3.60. The molecule has 4 rings (SSSR count). The van der Waals surface area contributed by atoms with Crippen LogP contribution in [-0.4, -0.2) is 54.9 Å². The summed E-state index contributed by atoms with van der Waals surface area (Å²) in [5, 5.41) is 0. The molecule has 0 aromatic heterocycles. The number of carbonyl (C=O) groups excluding carboxylic acids is 2. The van der Waals surface area contributed by atoms with Crippen molar-refractivity contribution in [3.8, 4) is 5.75 Å². The fourth-order valence-corrected chi connectivity index (χ4v) is 3.01. The number of hydrogen-bond donors (Lipinski definition) is 0. The Morgan fingerprint density at radius 1 is 1.04 bits per heavy atom. The maximum absolute atomic E-state index is 12.9. The molecule has 0 spiro atoms. The van der Waals surface area contributed by atoms with Crippen LogP contribution in [0.4, 0.5) is 4.39 Å². The fraction of sp³-hybridized carbons (Fsp3) is 0.364. The molecular formula is C22H25FN2O3. The molecule has 1 saturated heterocycles. The van der Waals surface area contributed by atoms with Gasteiger partial charge in [0.05, 0.1) is 0 Å². The van der Waals surface area contributed by atoms with Gasteiger partial charge >= 0.3 is 0 Å². The monoisotopic (exact) mass is 384 g/mol. The Balaban J connectivity index is 0.000000206. The number of hydrogen-bond acceptors (Lipinski definition) is 3. The number of amides is 2. The first-order chi connectivity index (χ1) is 13.7. The molecule has 1 aliphatic carbocycles. The summed E-state index contributed by atoms with van der Waals surface area (Å²) in [6.45, 7) is 1.96. The number of halogens is 1. The van der Waals surface area contributed by atoms with Gasteiger partial charge in [-0.05, 0) is 36.5 Å². The van der Waals surface area contributed by atoms with Gasteiger partial charge in [-0.3, -0.25) is 9.59 Å². The maximum atomic E-state index is 12.9.